The highest BCUT2D eigenvalue weighted by Gasteiger charge is 2.52. The highest BCUT2D eigenvalue weighted by molar-refractivity contribution is 6.09. The second kappa shape index (κ2) is 8.31. The fraction of sp³-hybridized carbons (Fsp3) is 0.125. The highest BCUT2D eigenvalue weighted by Crippen LogP contribution is 2.31. The van der Waals surface area contributed by atoms with Gasteiger partial charge in [-0.1, -0.05) is 55.5 Å². The van der Waals surface area contributed by atoms with E-state index >= 15 is 0 Å². The molecule has 0 bridgehead atoms. The van der Waals surface area contributed by atoms with Gasteiger partial charge in [-0.05, 0) is 48.4 Å². The molecule has 1 fully saturated rings. The summed E-state index contributed by atoms with van der Waals surface area (Å²) in [7, 11) is 0. The molecule has 4 rings (SSSR count). The van der Waals surface area contributed by atoms with Gasteiger partial charge in [-0.3, -0.25) is 15.0 Å². The maximum atomic E-state index is 13.1. The number of hydrogen-bond acceptors (Lipinski definition) is 4. The van der Waals surface area contributed by atoms with Gasteiger partial charge in [0.25, 0.3) is 11.8 Å². The Hall–Kier alpha value is -4.13. The molecule has 7 nitrogen and oxygen atoms in total. The SMILES string of the molecule is CC[C@]1(c2ccccc2)NC(=O)N(NC(=O)c2ccc(Oc3ccccc3)cc2)C1=O. The number of carbonyl (C=O) groups is 3. The molecule has 7 heteroatoms. The van der Waals surface area contributed by atoms with E-state index in [9.17, 15) is 14.4 Å². The third-order valence-corrected chi connectivity index (χ3v) is 5.20. The lowest BCUT2D eigenvalue weighted by atomic mass is 9.87. The maximum Gasteiger partial charge on any atom is 0.344 e. The Morgan fingerprint density at radius 3 is 2.10 bits per heavy atom. The number of hydrogen-bond donors (Lipinski definition) is 2. The number of nitrogens with one attached hydrogen (secondary N) is 2. The zero-order chi connectivity index (χ0) is 21.8. The van der Waals surface area contributed by atoms with Crippen LogP contribution in [-0.4, -0.2) is 22.9 Å². The summed E-state index contributed by atoms with van der Waals surface area (Å²) in [6, 6.07) is 24.0. The summed E-state index contributed by atoms with van der Waals surface area (Å²) in [5.74, 6) is 0.140. The van der Waals surface area contributed by atoms with Crippen molar-refractivity contribution in [3.05, 3.63) is 96.1 Å². The summed E-state index contributed by atoms with van der Waals surface area (Å²) < 4.78 is 5.71. The molecule has 3 aromatic carbocycles. The largest absolute Gasteiger partial charge is 0.457 e. The zero-order valence-electron chi connectivity index (χ0n) is 16.9. The van der Waals surface area contributed by atoms with Crippen molar-refractivity contribution in [3.8, 4) is 11.5 Å². The lowest BCUT2D eigenvalue weighted by Crippen LogP contribution is -2.48. The van der Waals surface area contributed by atoms with Crippen LogP contribution in [0.2, 0.25) is 0 Å². The van der Waals surface area contributed by atoms with Gasteiger partial charge in [0.15, 0.2) is 0 Å². The van der Waals surface area contributed by atoms with Crippen LogP contribution in [0.5, 0.6) is 11.5 Å². The van der Waals surface area contributed by atoms with E-state index in [1.165, 1.54) is 0 Å². The van der Waals surface area contributed by atoms with E-state index in [2.05, 4.69) is 10.7 Å². The first kappa shape index (κ1) is 20.2. The van der Waals surface area contributed by atoms with Gasteiger partial charge in [0, 0.05) is 5.56 Å². The monoisotopic (exact) mass is 415 g/mol. The first-order valence-electron chi connectivity index (χ1n) is 9.89. The first-order valence-corrected chi connectivity index (χ1v) is 9.89. The molecular formula is C24H21N3O4. The molecule has 0 aliphatic carbocycles. The van der Waals surface area contributed by atoms with Crippen molar-refractivity contribution in [1.82, 2.24) is 15.8 Å². The van der Waals surface area contributed by atoms with E-state index in [0.29, 0.717) is 23.5 Å². The van der Waals surface area contributed by atoms with Crippen LogP contribution < -0.4 is 15.5 Å². The number of carbonyl (C=O) groups excluding carboxylic acids is 3. The average Bonchev–Trinajstić information content (AvgIpc) is 3.06. The van der Waals surface area contributed by atoms with Crippen molar-refractivity contribution in [2.75, 3.05) is 0 Å². The van der Waals surface area contributed by atoms with Crippen LogP contribution in [0, 0.1) is 0 Å². The molecular weight excluding hydrogens is 394 g/mol. The summed E-state index contributed by atoms with van der Waals surface area (Å²) in [6.45, 7) is 1.81. The van der Waals surface area contributed by atoms with Crippen molar-refractivity contribution in [2.45, 2.75) is 18.9 Å². The predicted octanol–water partition coefficient (Wildman–Crippen LogP) is 3.98. The number of rotatable bonds is 6. The van der Waals surface area contributed by atoms with Gasteiger partial charge >= 0.3 is 6.03 Å². The van der Waals surface area contributed by atoms with Crippen molar-refractivity contribution >= 4 is 17.8 Å². The molecule has 1 aliphatic rings. The molecule has 1 saturated heterocycles. The maximum absolute atomic E-state index is 13.1. The number of benzene rings is 3. The van der Waals surface area contributed by atoms with Crippen molar-refractivity contribution in [2.24, 2.45) is 0 Å². The van der Waals surface area contributed by atoms with E-state index in [4.69, 9.17) is 4.74 Å². The van der Waals surface area contributed by atoms with Crippen LogP contribution in [0.3, 0.4) is 0 Å². The van der Waals surface area contributed by atoms with Crippen LogP contribution >= 0.6 is 0 Å². The molecule has 1 atom stereocenters. The second-order valence-corrected chi connectivity index (χ2v) is 7.08. The van der Waals surface area contributed by atoms with Gasteiger partial charge in [-0.25, -0.2) is 4.79 Å². The third-order valence-electron chi connectivity index (χ3n) is 5.20. The Morgan fingerprint density at radius 2 is 1.48 bits per heavy atom. The zero-order valence-corrected chi connectivity index (χ0v) is 16.9. The van der Waals surface area contributed by atoms with Crippen molar-refractivity contribution in [3.63, 3.8) is 0 Å². The summed E-state index contributed by atoms with van der Waals surface area (Å²) in [4.78, 5) is 38.3. The number of imide groups is 1. The molecule has 4 amide bonds. The molecule has 156 valence electrons. The molecule has 31 heavy (non-hydrogen) atoms. The fourth-order valence-electron chi connectivity index (χ4n) is 3.50. The Bertz CT molecular complexity index is 1100. The first-order chi connectivity index (χ1) is 15.0. The lowest BCUT2D eigenvalue weighted by Gasteiger charge is -2.25. The summed E-state index contributed by atoms with van der Waals surface area (Å²) in [6.07, 6.45) is 0.347. The second-order valence-electron chi connectivity index (χ2n) is 7.08. The molecule has 0 spiro atoms. The van der Waals surface area contributed by atoms with Gasteiger partial charge in [0.05, 0.1) is 0 Å². The Balaban J connectivity index is 1.48. The molecule has 2 N–H and O–H groups in total. The molecule has 0 unspecified atom stereocenters. The predicted molar refractivity (Wildman–Crippen MR) is 114 cm³/mol. The van der Waals surface area contributed by atoms with Gasteiger partial charge in [-0.2, -0.15) is 5.01 Å². The fourth-order valence-corrected chi connectivity index (χ4v) is 3.50. The van der Waals surface area contributed by atoms with Gasteiger partial charge in [-0.15, -0.1) is 0 Å². The minimum atomic E-state index is -1.21. The molecule has 0 radical (unpaired) electrons. The van der Waals surface area contributed by atoms with Crippen LogP contribution in [0.15, 0.2) is 84.9 Å². The Labute approximate surface area is 179 Å². The quantitative estimate of drug-likeness (QED) is 0.596. The molecule has 3 aromatic rings. The number of hydrazine groups is 1. The van der Waals surface area contributed by atoms with E-state index in [-0.39, 0.29) is 5.56 Å². The Morgan fingerprint density at radius 1 is 0.903 bits per heavy atom. The van der Waals surface area contributed by atoms with Crippen LogP contribution in [0.4, 0.5) is 4.79 Å². The van der Waals surface area contributed by atoms with Gasteiger partial charge in [0.1, 0.15) is 17.0 Å². The summed E-state index contributed by atoms with van der Waals surface area (Å²) >= 11 is 0. The lowest BCUT2D eigenvalue weighted by molar-refractivity contribution is -0.133. The van der Waals surface area contributed by atoms with E-state index in [1.807, 2.05) is 43.3 Å². The van der Waals surface area contributed by atoms with E-state index in [1.54, 1.807) is 48.5 Å². The van der Waals surface area contributed by atoms with Gasteiger partial charge in [0.2, 0.25) is 0 Å². The standard InChI is InChI=1S/C24H21N3O4/c1-2-24(18-9-5-3-6-10-18)22(29)27(23(30)25-24)26-21(28)17-13-15-20(16-14-17)31-19-11-7-4-8-12-19/h3-16H,2H2,1H3,(H,25,30)(H,26,28)/t24-/m1/s1. The smallest absolute Gasteiger partial charge is 0.344 e. The number of ether oxygens (including phenoxy) is 1. The van der Waals surface area contributed by atoms with Crippen LogP contribution in [0.1, 0.15) is 29.3 Å². The number of urea groups is 1. The highest BCUT2D eigenvalue weighted by atomic mass is 16.5. The van der Waals surface area contributed by atoms with Crippen LogP contribution in [0.25, 0.3) is 0 Å². The number of para-hydroxylation sites is 1. The Kier molecular flexibility index (Phi) is 5.41. The van der Waals surface area contributed by atoms with Crippen molar-refractivity contribution < 1.29 is 19.1 Å². The minimum Gasteiger partial charge on any atom is -0.457 e. The van der Waals surface area contributed by atoms with E-state index < -0.39 is 23.4 Å². The minimum absolute atomic E-state index is 0.287. The molecule has 1 aliphatic heterocycles. The normalized spacial score (nSPS) is 17.9. The average molecular weight is 415 g/mol. The third kappa shape index (κ3) is 3.85. The summed E-state index contributed by atoms with van der Waals surface area (Å²) in [5, 5.41) is 3.47. The number of nitrogens with zero attached hydrogens (tertiary/aromatic N) is 1. The topological polar surface area (TPSA) is 87.7 Å². The van der Waals surface area contributed by atoms with E-state index in [0.717, 1.165) is 5.01 Å². The van der Waals surface area contributed by atoms with Crippen molar-refractivity contribution in [1.29, 1.82) is 0 Å². The molecule has 0 saturated carbocycles. The summed E-state index contributed by atoms with van der Waals surface area (Å²) in [5.41, 5.74) is 2.15. The van der Waals surface area contributed by atoms with Gasteiger partial charge < -0.3 is 10.1 Å². The molecule has 1 heterocycles. The van der Waals surface area contributed by atoms with Crippen LogP contribution in [-0.2, 0) is 10.3 Å². The molecule has 0 aromatic heterocycles. The number of amides is 4.